The van der Waals surface area contributed by atoms with Crippen molar-refractivity contribution in [2.45, 2.75) is 6.54 Å². The number of carbonyl (C=O) groups excluding carboxylic acids is 2. The van der Waals surface area contributed by atoms with E-state index in [0.717, 1.165) is 11.3 Å². The lowest BCUT2D eigenvalue weighted by Crippen LogP contribution is -2.35. The van der Waals surface area contributed by atoms with Gasteiger partial charge in [0.15, 0.2) is 5.78 Å². The van der Waals surface area contributed by atoms with Crippen LogP contribution in [0.15, 0.2) is 78.9 Å². The maximum absolute atomic E-state index is 13.0. The van der Waals surface area contributed by atoms with Gasteiger partial charge in [-0.3, -0.25) is 9.59 Å². The zero-order chi connectivity index (χ0) is 21.3. The van der Waals surface area contributed by atoms with E-state index in [1.807, 2.05) is 97.9 Å². The molecule has 3 rings (SSSR count). The Hall–Kier alpha value is -3.44. The quantitative estimate of drug-likeness (QED) is 0.535. The predicted octanol–water partition coefficient (Wildman–Crippen LogP) is 3.82. The third kappa shape index (κ3) is 5.33. The van der Waals surface area contributed by atoms with Gasteiger partial charge in [0.2, 0.25) is 0 Å². The fraction of sp³-hybridized carbons (Fsp3) is 0.200. The molecule has 30 heavy (non-hydrogen) atoms. The highest BCUT2D eigenvalue weighted by Gasteiger charge is 2.16. The minimum absolute atomic E-state index is 0.00473. The van der Waals surface area contributed by atoms with E-state index in [1.54, 1.807) is 0 Å². The summed E-state index contributed by atoms with van der Waals surface area (Å²) in [4.78, 5) is 27.4. The lowest BCUT2D eigenvalue weighted by molar-refractivity contribution is 0.0745. The van der Waals surface area contributed by atoms with Crippen molar-refractivity contribution in [2.24, 2.45) is 0 Å². The van der Waals surface area contributed by atoms with Crippen molar-refractivity contribution in [3.8, 4) is 0 Å². The number of anilines is 1. The lowest BCUT2D eigenvalue weighted by atomic mass is 10.0. The summed E-state index contributed by atoms with van der Waals surface area (Å²) in [6.45, 7) is 1.77. The van der Waals surface area contributed by atoms with Gasteiger partial charge in [-0.15, -0.1) is 0 Å². The summed E-state index contributed by atoms with van der Waals surface area (Å²) < 4.78 is 0. The Labute approximate surface area is 177 Å². The highest BCUT2D eigenvalue weighted by atomic mass is 16.2. The zero-order valence-electron chi connectivity index (χ0n) is 17.4. The van der Waals surface area contributed by atoms with Crippen molar-refractivity contribution >= 4 is 17.4 Å². The van der Waals surface area contributed by atoms with Crippen LogP contribution in [0.2, 0.25) is 0 Å². The normalized spacial score (nSPS) is 10.5. The van der Waals surface area contributed by atoms with Crippen LogP contribution in [-0.2, 0) is 6.54 Å². The molecule has 0 bridgehead atoms. The number of likely N-dealkylation sites (N-methyl/N-ethyl adjacent to an activating group) is 1. The summed E-state index contributed by atoms with van der Waals surface area (Å²) in [6.07, 6.45) is 0. The number of rotatable bonds is 9. The van der Waals surface area contributed by atoms with Gasteiger partial charge in [-0.2, -0.15) is 0 Å². The van der Waals surface area contributed by atoms with E-state index in [0.29, 0.717) is 36.3 Å². The molecule has 5 nitrogen and oxygen atoms in total. The Balaban J connectivity index is 1.74. The maximum Gasteiger partial charge on any atom is 0.254 e. The summed E-state index contributed by atoms with van der Waals surface area (Å²) in [5, 5.41) is 6.16. The van der Waals surface area contributed by atoms with Crippen molar-refractivity contribution in [1.82, 2.24) is 10.2 Å². The number of benzene rings is 3. The summed E-state index contributed by atoms with van der Waals surface area (Å²) in [5.74, 6) is -0.0211. The van der Waals surface area contributed by atoms with Crippen LogP contribution in [0, 0.1) is 0 Å². The number of amides is 1. The van der Waals surface area contributed by atoms with Gasteiger partial charge in [-0.25, -0.2) is 0 Å². The second-order valence-corrected chi connectivity index (χ2v) is 7.05. The Bertz CT molecular complexity index is 968. The Morgan fingerprint density at radius 1 is 0.767 bits per heavy atom. The molecule has 0 fully saturated rings. The highest BCUT2D eigenvalue weighted by Crippen LogP contribution is 2.15. The first-order chi connectivity index (χ1) is 14.6. The van der Waals surface area contributed by atoms with E-state index in [1.165, 1.54) is 0 Å². The second kappa shape index (κ2) is 10.4. The molecule has 0 spiro atoms. The van der Waals surface area contributed by atoms with Crippen LogP contribution in [0.1, 0.15) is 31.8 Å². The minimum Gasteiger partial charge on any atom is -0.388 e. The minimum atomic E-state index is -0.0164. The van der Waals surface area contributed by atoms with Crippen LogP contribution in [0.25, 0.3) is 0 Å². The summed E-state index contributed by atoms with van der Waals surface area (Å²) in [5.41, 5.74) is 3.91. The van der Waals surface area contributed by atoms with Crippen molar-refractivity contribution in [3.05, 3.63) is 101 Å². The first-order valence-electron chi connectivity index (χ1n) is 10.0. The fourth-order valence-electron chi connectivity index (χ4n) is 3.20. The summed E-state index contributed by atoms with van der Waals surface area (Å²) in [6, 6.07) is 24.2. The molecule has 0 atom stereocenters. The van der Waals surface area contributed by atoms with E-state index in [-0.39, 0.29) is 11.7 Å². The van der Waals surface area contributed by atoms with Crippen molar-refractivity contribution < 1.29 is 9.59 Å². The molecular formula is C25H27N3O2. The van der Waals surface area contributed by atoms with Gasteiger partial charge in [-0.1, -0.05) is 54.6 Å². The molecular weight excluding hydrogens is 374 g/mol. The number of ketones is 1. The number of carbonyl (C=O) groups is 2. The standard InChI is InChI=1S/C25H27N3O2/c1-26-16-17-28(25(30)22-12-14-23(27-2)15-13-22)18-19-8-10-21(11-9-19)24(29)20-6-4-3-5-7-20/h3-15,26-27H,16-18H2,1-2H3. The Morgan fingerprint density at radius 2 is 1.37 bits per heavy atom. The molecule has 0 aliphatic rings. The summed E-state index contributed by atoms with van der Waals surface area (Å²) >= 11 is 0. The molecule has 0 heterocycles. The first kappa shape index (κ1) is 21.3. The van der Waals surface area contributed by atoms with Gasteiger partial charge in [0, 0.05) is 49.1 Å². The maximum atomic E-state index is 13.0. The molecule has 1 amide bonds. The molecule has 0 saturated heterocycles. The van der Waals surface area contributed by atoms with Crippen LogP contribution in [0.5, 0.6) is 0 Å². The van der Waals surface area contributed by atoms with Gasteiger partial charge in [0.05, 0.1) is 0 Å². The number of nitrogens with one attached hydrogen (secondary N) is 2. The van der Waals surface area contributed by atoms with Gasteiger partial charge >= 0.3 is 0 Å². The Morgan fingerprint density at radius 3 is 1.97 bits per heavy atom. The van der Waals surface area contributed by atoms with Crippen molar-refractivity contribution in [3.63, 3.8) is 0 Å². The van der Waals surface area contributed by atoms with Gasteiger partial charge < -0.3 is 15.5 Å². The van der Waals surface area contributed by atoms with E-state index in [9.17, 15) is 9.59 Å². The molecule has 0 aliphatic carbocycles. The Kier molecular flexibility index (Phi) is 7.35. The van der Waals surface area contributed by atoms with E-state index >= 15 is 0 Å². The monoisotopic (exact) mass is 401 g/mol. The lowest BCUT2D eigenvalue weighted by Gasteiger charge is -2.23. The van der Waals surface area contributed by atoms with Gasteiger partial charge in [0.25, 0.3) is 5.91 Å². The molecule has 3 aromatic rings. The molecule has 3 aromatic carbocycles. The third-order valence-corrected chi connectivity index (χ3v) is 4.96. The van der Waals surface area contributed by atoms with E-state index in [2.05, 4.69) is 10.6 Å². The zero-order valence-corrected chi connectivity index (χ0v) is 17.4. The van der Waals surface area contributed by atoms with Crippen molar-refractivity contribution in [1.29, 1.82) is 0 Å². The van der Waals surface area contributed by atoms with Crippen LogP contribution < -0.4 is 10.6 Å². The fourth-order valence-corrected chi connectivity index (χ4v) is 3.20. The SMILES string of the molecule is CNCCN(Cc1ccc(C(=O)c2ccccc2)cc1)C(=O)c1ccc(NC)cc1. The van der Waals surface area contributed by atoms with Crippen LogP contribution in [-0.4, -0.2) is 43.8 Å². The highest BCUT2D eigenvalue weighted by molar-refractivity contribution is 6.08. The summed E-state index contributed by atoms with van der Waals surface area (Å²) in [7, 11) is 3.72. The molecule has 154 valence electrons. The average molecular weight is 402 g/mol. The van der Waals surface area contributed by atoms with Gasteiger partial charge in [-0.05, 0) is 36.9 Å². The molecule has 2 N–H and O–H groups in total. The van der Waals surface area contributed by atoms with E-state index < -0.39 is 0 Å². The smallest absolute Gasteiger partial charge is 0.254 e. The number of hydrogen-bond acceptors (Lipinski definition) is 4. The number of hydrogen-bond donors (Lipinski definition) is 2. The van der Waals surface area contributed by atoms with Gasteiger partial charge in [0.1, 0.15) is 0 Å². The molecule has 0 aromatic heterocycles. The molecule has 0 unspecified atom stereocenters. The number of nitrogens with zero attached hydrogens (tertiary/aromatic N) is 1. The molecule has 0 saturated carbocycles. The predicted molar refractivity (Wildman–Crippen MR) is 121 cm³/mol. The van der Waals surface area contributed by atoms with Crippen LogP contribution in [0.3, 0.4) is 0 Å². The molecule has 0 radical (unpaired) electrons. The largest absolute Gasteiger partial charge is 0.388 e. The third-order valence-electron chi connectivity index (χ3n) is 4.96. The van der Waals surface area contributed by atoms with E-state index in [4.69, 9.17) is 0 Å². The average Bonchev–Trinajstić information content (AvgIpc) is 2.82. The van der Waals surface area contributed by atoms with Crippen molar-refractivity contribution in [2.75, 3.05) is 32.5 Å². The topological polar surface area (TPSA) is 61.4 Å². The molecule has 5 heteroatoms. The molecule has 0 aliphatic heterocycles. The first-order valence-corrected chi connectivity index (χ1v) is 10.0. The van der Waals surface area contributed by atoms with Crippen LogP contribution >= 0.6 is 0 Å². The van der Waals surface area contributed by atoms with Crippen LogP contribution in [0.4, 0.5) is 5.69 Å². The second-order valence-electron chi connectivity index (χ2n) is 7.05.